The van der Waals surface area contributed by atoms with Gasteiger partial charge in [0.15, 0.2) is 0 Å². The van der Waals surface area contributed by atoms with Crippen LogP contribution in [0, 0.1) is 11.3 Å². The SMILES string of the molecule is CCCC[C@H]1CN(CC(F)(F)F)C(=O)CN1Cc1cncn1Cc1ccc(C#N)cc1. The van der Waals surface area contributed by atoms with E-state index in [4.69, 9.17) is 5.26 Å². The number of rotatable bonds is 8. The fraction of sp³-hybridized carbons (Fsp3) is 0.500. The summed E-state index contributed by atoms with van der Waals surface area (Å²) in [5.41, 5.74) is 2.48. The maximum Gasteiger partial charge on any atom is 0.406 e. The minimum Gasteiger partial charge on any atom is -0.331 e. The Morgan fingerprint density at radius 3 is 2.61 bits per heavy atom. The molecule has 3 rings (SSSR count). The van der Waals surface area contributed by atoms with Gasteiger partial charge in [-0.05, 0) is 24.1 Å². The molecule has 2 aromatic rings. The van der Waals surface area contributed by atoms with Crippen LogP contribution in [0.5, 0.6) is 0 Å². The van der Waals surface area contributed by atoms with Gasteiger partial charge in [0.2, 0.25) is 5.91 Å². The van der Waals surface area contributed by atoms with E-state index in [2.05, 4.69) is 11.1 Å². The van der Waals surface area contributed by atoms with Gasteiger partial charge in [-0.2, -0.15) is 18.4 Å². The lowest BCUT2D eigenvalue weighted by Gasteiger charge is -2.41. The number of halogens is 3. The van der Waals surface area contributed by atoms with E-state index in [1.807, 2.05) is 28.5 Å². The third-order valence-electron chi connectivity index (χ3n) is 5.50. The third kappa shape index (κ3) is 6.31. The van der Waals surface area contributed by atoms with Gasteiger partial charge in [0.05, 0.1) is 30.2 Å². The monoisotopic (exact) mass is 433 g/mol. The molecule has 1 aliphatic heterocycles. The molecule has 31 heavy (non-hydrogen) atoms. The zero-order valence-corrected chi connectivity index (χ0v) is 17.5. The molecule has 9 heteroatoms. The summed E-state index contributed by atoms with van der Waals surface area (Å²) in [6.45, 7) is 1.89. The van der Waals surface area contributed by atoms with Crippen molar-refractivity contribution < 1.29 is 18.0 Å². The zero-order valence-electron chi connectivity index (χ0n) is 17.5. The molecule has 0 N–H and O–H groups in total. The van der Waals surface area contributed by atoms with Gasteiger partial charge in [-0.25, -0.2) is 4.98 Å². The molecule has 1 aromatic carbocycles. The standard InChI is InChI=1S/C22H26F3N5O/c1-2-3-4-19-12-29(15-22(23,24)25)21(31)14-28(19)13-20-10-27-16-30(20)11-18-7-5-17(9-26)6-8-18/h5-8,10,16,19H,2-4,11-15H2,1H3/t19-/m0/s1. The van der Waals surface area contributed by atoms with Crippen LogP contribution in [0.4, 0.5) is 13.2 Å². The maximum atomic E-state index is 12.9. The number of nitriles is 1. The third-order valence-corrected chi connectivity index (χ3v) is 5.50. The van der Waals surface area contributed by atoms with E-state index in [1.54, 1.807) is 24.7 Å². The zero-order chi connectivity index (χ0) is 22.4. The molecular formula is C22H26F3N5O. The Morgan fingerprint density at radius 1 is 1.23 bits per heavy atom. The topological polar surface area (TPSA) is 65.2 Å². The van der Waals surface area contributed by atoms with Crippen LogP contribution in [0.25, 0.3) is 0 Å². The Hall–Kier alpha value is -2.86. The van der Waals surface area contributed by atoms with Crippen LogP contribution >= 0.6 is 0 Å². The van der Waals surface area contributed by atoms with Crippen LogP contribution in [0.15, 0.2) is 36.8 Å². The number of nitrogens with zero attached hydrogens (tertiary/aromatic N) is 5. The summed E-state index contributed by atoms with van der Waals surface area (Å²) in [4.78, 5) is 19.5. The van der Waals surface area contributed by atoms with Crippen LogP contribution in [0.2, 0.25) is 0 Å². The summed E-state index contributed by atoms with van der Waals surface area (Å²) in [6.07, 6.45) is 1.60. The first-order chi connectivity index (χ1) is 14.8. The van der Waals surface area contributed by atoms with Gasteiger partial charge in [-0.15, -0.1) is 0 Å². The van der Waals surface area contributed by atoms with E-state index in [0.29, 0.717) is 18.7 Å². The molecule has 0 radical (unpaired) electrons. The van der Waals surface area contributed by atoms with Crippen LogP contribution in [-0.2, 0) is 17.9 Å². The minimum absolute atomic E-state index is 0.0352. The van der Waals surface area contributed by atoms with Gasteiger partial charge in [-0.3, -0.25) is 9.69 Å². The van der Waals surface area contributed by atoms with Gasteiger partial charge in [0.1, 0.15) is 6.54 Å². The highest BCUT2D eigenvalue weighted by Crippen LogP contribution is 2.23. The summed E-state index contributed by atoms with van der Waals surface area (Å²) < 4.78 is 40.6. The summed E-state index contributed by atoms with van der Waals surface area (Å²) in [6, 6.07) is 9.24. The molecule has 0 bridgehead atoms. The Morgan fingerprint density at radius 2 is 1.97 bits per heavy atom. The Labute approximate surface area is 179 Å². The maximum absolute atomic E-state index is 12.9. The van der Waals surface area contributed by atoms with Crippen molar-refractivity contribution in [1.29, 1.82) is 5.26 Å². The molecule has 1 atom stereocenters. The van der Waals surface area contributed by atoms with Crippen molar-refractivity contribution in [3.63, 3.8) is 0 Å². The first-order valence-corrected chi connectivity index (χ1v) is 10.4. The Kier molecular flexibility index (Phi) is 7.33. The molecule has 166 valence electrons. The molecule has 1 amide bonds. The molecule has 0 spiro atoms. The highest BCUT2D eigenvalue weighted by molar-refractivity contribution is 5.79. The van der Waals surface area contributed by atoms with Gasteiger partial charge >= 0.3 is 6.18 Å². The Balaban J connectivity index is 1.72. The lowest BCUT2D eigenvalue weighted by Crippen LogP contribution is -2.57. The summed E-state index contributed by atoms with van der Waals surface area (Å²) in [5.74, 6) is -0.497. The van der Waals surface area contributed by atoms with E-state index in [1.165, 1.54) is 0 Å². The van der Waals surface area contributed by atoms with Gasteiger partial charge in [0, 0.05) is 31.9 Å². The largest absolute Gasteiger partial charge is 0.406 e. The number of hydrogen-bond donors (Lipinski definition) is 0. The molecule has 0 saturated carbocycles. The fourth-order valence-corrected chi connectivity index (χ4v) is 3.85. The van der Waals surface area contributed by atoms with E-state index in [9.17, 15) is 18.0 Å². The number of carbonyl (C=O) groups is 1. The second-order valence-corrected chi connectivity index (χ2v) is 7.91. The van der Waals surface area contributed by atoms with E-state index in [0.717, 1.165) is 35.4 Å². The molecule has 1 aromatic heterocycles. The number of amides is 1. The lowest BCUT2D eigenvalue weighted by molar-refractivity contribution is -0.168. The van der Waals surface area contributed by atoms with Crippen molar-refractivity contribution in [3.05, 3.63) is 53.6 Å². The highest BCUT2D eigenvalue weighted by atomic mass is 19.4. The van der Waals surface area contributed by atoms with Crippen LogP contribution in [0.1, 0.15) is 43.0 Å². The average molecular weight is 433 g/mol. The van der Waals surface area contributed by atoms with Crippen molar-refractivity contribution in [2.45, 2.75) is 51.5 Å². The summed E-state index contributed by atoms with van der Waals surface area (Å²) in [5, 5.41) is 8.94. The number of unbranched alkanes of at least 4 members (excludes halogenated alkanes) is 1. The predicted molar refractivity (Wildman–Crippen MR) is 109 cm³/mol. The van der Waals surface area contributed by atoms with Crippen LogP contribution < -0.4 is 0 Å². The van der Waals surface area contributed by atoms with E-state index < -0.39 is 18.6 Å². The molecule has 2 heterocycles. The second-order valence-electron chi connectivity index (χ2n) is 7.91. The smallest absolute Gasteiger partial charge is 0.331 e. The number of imidazole rings is 1. The molecular weight excluding hydrogens is 407 g/mol. The highest BCUT2D eigenvalue weighted by Gasteiger charge is 2.38. The van der Waals surface area contributed by atoms with Crippen molar-refractivity contribution in [2.24, 2.45) is 0 Å². The molecule has 1 fully saturated rings. The predicted octanol–water partition coefficient (Wildman–Crippen LogP) is 3.57. The van der Waals surface area contributed by atoms with Gasteiger partial charge in [0.25, 0.3) is 0 Å². The number of piperazine rings is 1. The normalized spacial score (nSPS) is 17.7. The van der Waals surface area contributed by atoms with Crippen LogP contribution in [-0.4, -0.2) is 57.1 Å². The Bertz CT molecular complexity index is 916. The van der Waals surface area contributed by atoms with Gasteiger partial charge < -0.3 is 9.47 Å². The fourth-order valence-electron chi connectivity index (χ4n) is 3.85. The molecule has 1 saturated heterocycles. The summed E-state index contributed by atoms with van der Waals surface area (Å²) >= 11 is 0. The molecule has 0 aliphatic carbocycles. The number of hydrogen-bond acceptors (Lipinski definition) is 4. The number of aromatic nitrogens is 2. The quantitative estimate of drug-likeness (QED) is 0.639. The minimum atomic E-state index is -4.40. The summed E-state index contributed by atoms with van der Waals surface area (Å²) in [7, 11) is 0. The molecule has 0 unspecified atom stereocenters. The van der Waals surface area contributed by atoms with Crippen molar-refractivity contribution in [3.8, 4) is 6.07 Å². The number of benzene rings is 1. The van der Waals surface area contributed by atoms with Crippen molar-refractivity contribution >= 4 is 5.91 Å². The molecule has 1 aliphatic rings. The van der Waals surface area contributed by atoms with Crippen molar-refractivity contribution in [2.75, 3.05) is 19.6 Å². The van der Waals surface area contributed by atoms with E-state index in [-0.39, 0.29) is 19.1 Å². The molecule has 6 nitrogen and oxygen atoms in total. The van der Waals surface area contributed by atoms with Crippen LogP contribution in [0.3, 0.4) is 0 Å². The second kappa shape index (κ2) is 9.96. The average Bonchev–Trinajstić information content (AvgIpc) is 3.15. The lowest BCUT2D eigenvalue weighted by atomic mass is 10.0. The number of alkyl halides is 3. The van der Waals surface area contributed by atoms with E-state index >= 15 is 0 Å². The van der Waals surface area contributed by atoms with Crippen molar-refractivity contribution in [1.82, 2.24) is 19.4 Å². The van der Waals surface area contributed by atoms with Gasteiger partial charge in [-0.1, -0.05) is 31.9 Å². The first kappa shape index (κ1) is 22.8. The first-order valence-electron chi connectivity index (χ1n) is 10.4. The number of carbonyl (C=O) groups excluding carboxylic acids is 1.